The Hall–Kier alpha value is -1.65. The number of carboxylic acid groups (broad SMARTS) is 1. The van der Waals surface area contributed by atoms with Crippen LogP contribution in [0.5, 0.6) is 0 Å². The zero-order chi connectivity index (χ0) is 14.8. The smallest absolute Gasteiger partial charge is 0.335 e. The van der Waals surface area contributed by atoms with E-state index < -0.39 is 17.6 Å². The first-order valence-corrected chi connectivity index (χ1v) is 6.94. The van der Waals surface area contributed by atoms with Crippen molar-refractivity contribution < 1.29 is 18.7 Å². The Bertz CT molecular complexity index is 488. The maximum atomic E-state index is 13.8. The van der Waals surface area contributed by atoms with Gasteiger partial charge >= 0.3 is 5.97 Å². The van der Waals surface area contributed by atoms with Crippen LogP contribution in [0.3, 0.4) is 0 Å². The summed E-state index contributed by atoms with van der Waals surface area (Å²) in [5.74, 6) is -3.05. The predicted octanol–water partition coefficient (Wildman–Crippen LogP) is 4.05. The lowest BCUT2D eigenvalue weighted by atomic mass is 9.83. The summed E-state index contributed by atoms with van der Waals surface area (Å²) in [5.41, 5.74) is -0.504. The van der Waals surface area contributed by atoms with Gasteiger partial charge in [0.25, 0.3) is 0 Å². The van der Waals surface area contributed by atoms with E-state index in [4.69, 9.17) is 5.11 Å². The van der Waals surface area contributed by atoms with Gasteiger partial charge in [-0.05, 0) is 36.8 Å². The topological polar surface area (TPSA) is 49.3 Å². The maximum absolute atomic E-state index is 13.8. The highest BCUT2D eigenvalue weighted by Gasteiger charge is 2.32. The number of anilines is 1. The van der Waals surface area contributed by atoms with E-state index in [0.717, 1.165) is 44.2 Å². The lowest BCUT2D eigenvalue weighted by Gasteiger charge is -2.28. The second kappa shape index (κ2) is 5.77. The molecule has 0 aliphatic heterocycles. The van der Waals surface area contributed by atoms with Crippen molar-refractivity contribution in [3.05, 3.63) is 29.3 Å². The molecule has 5 heteroatoms. The molecule has 0 radical (unpaired) electrons. The Balaban J connectivity index is 2.15. The summed E-state index contributed by atoms with van der Waals surface area (Å²) >= 11 is 0. The molecule has 1 aromatic rings. The zero-order valence-electron chi connectivity index (χ0n) is 11.5. The molecule has 1 fully saturated rings. The van der Waals surface area contributed by atoms with E-state index >= 15 is 0 Å². The van der Waals surface area contributed by atoms with Crippen LogP contribution in [0.4, 0.5) is 14.5 Å². The van der Waals surface area contributed by atoms with Crippen LogP contribution in [-0.4, -0.2) is 17.6 Å². The molecule has 0 bridgehead atoms. The lowest BCUT2D eigenvalue weighted by molar-refractivity contribution is 0.0696. The predicted molar refractivity (Wildman–Crippen MR) is 73.0 cm³/mol. The van der Waals surface area contributed by atoms with Crippen LogP contribution in [0, 0.1) is 17.0 Å². The third-order valence-corrected chi connectivity index (χ3v) is 4.34. The van der Waals surface area contributed by atoms with Crippen molar-refractivity contribution in [3.8, 4) is 0 Å². The van der Waals surface area contributed by atoms with Gasteiger partial charge in [0.1, 0.15) is 17.3 Å². The van der Waals surface area contributed by atoms with Gasteiger partial charge in [-0.1, -0.05) is 19.8 Å². The van der Waals surface area contributed by atoms with Gasteiger partial charge in [-0.15, -0.1) is 0 Å². The van der Waals surface area contributed by atoms with E-state index in [2.05, 4.69) is 12.2 Å². The van der Waals surface area contributed by atoms with E-state index in [9.17, 15) is 13.6 Å². The van der Waals surface area contributed by atoms with E-state index in [1.54, 1.807) is 0 Å². The number of carbonyl (C=O) groups is 1. The van der Waals surface area contributed by atoms with Crippen molar-refractivity contribution in [1.29, 1.82) is 0 Å². The molecule has 1 aliphatic carbocycles. The molecule has 2 rings (SSSR count). The number of aromatic carboxylic acids is 1. The first-order chi connectivity index (χ1) is 9.47. The molecule has 20 heavy (non-hydrogen) atoms. The summed E-state index contributed by atoms with van der Waals surface area (Å²) in [6.07, 6.45) is 5.40. The fourth-order valence-electron chi connectivity index (χ4n) is 2.92. The number of rotatable bonds is 5. The second-order valence-electron chi connectivity index (χ2n) is 5.53. The maximum Gasteiger partial charge on any atom is 0.335 e. The van der Waals surface area contributed by atoms with Gasteiger partial charge < -0.3 is 10.4 Å². The Kier molecular flexibility index (Phi) is 4.26. The number of nitrogens with one attached hydrogen (secondary N) is 1. The van der Waals surface area contributed by atoms with Crippen LogP contribution >= 0.6 is 0 Å². The van der Waals surface area contributed by atoms with Crippen LogP contribution in [0.25, 0.3) is 0 Å². The summed E-state index contributed by atoms with van der Waals surface area (Å²) in [4.78, 5) is 10.7. The van der Waals surface area contributed by atoms with Crippen molar-refractivity contribution in [2.24, 2.45) is 5.41 Å². The Morgan fingerprint density at radius 2 is 1.85 bits per heavy atom. The average Bonchev–Trinajstić information content (AvgIpc) is 2.87. The fourth-order valence-corrected chi connectivity index (χ4v) is 2.92. The summed E-state index contributed by atoms with van der Waals surface area (Å²) in [6.45, 7) is 2.61. The third-order valence-electron chi connectivity index (χ3n) is 4.34. The minimum atomic E-state index is -1.34. The molecule has 3 nitrogen and oxygen atoms in total. The molecule has 110 valence electrons. The Morgan fingerprint density at radius 1 is 1.30 bits per heavy atom. The lowest BCUT2D eigenvalue weighted by Crippen LogP contribution is -2.26. The van der Waals surface area contributed by atoms with Crippen molar-refractivity contribution in [1.82, 2.24) is 0 Å². The number of halogens is 2. The summed E-state index contributed by atoms with van der Waals surface area (Å²) < 4.78 is 27.6. The molecule has 2 N–H and O–H groups in total. The molecule has 0 unspecified atom stereocenters. The molecular weight excluding hydrogens is 264 g/mol. The second-order valence-corrected chi connectivity index (χ2v) is 5.53. The molecule has 1 saturated carbocycles. The zero-order valence-corrected chi connectivity index (χ0v) is 11.5. The van der Waals surface area contributed by atoms with Crippen molar-refractivity contribution in [2.45, 2.75) is 39.0 Å². The minimum absolute atomic E-state index is 0.102. The van der Waals surface area contributed by atoms with E-state index in [-0.39, 0.29) is 16.7 Å². The molecule has 1 aliphatic rings. The highest BCUT2D eigenvalue weighted by atomic mass is 19.1. The van der Waals surface area contributed by atoms with Crippen molar-refractivity contribution in [2.75, 3.05) is 11.9 Å². The largest absolute Gasteiger partial charge is 0.478 e. The molecule has 0 amide bonds. The van der Waals surface area contributed by atoms with E-state index in [0.29, 0.717) is 6.54 Å². The average molecular weight is 283 g/mol. The van der Waals surface area contributed by atoms with Gasteiger partial charge in [0.05, 0.1) is 5.56 Å². The van der Waals surface area contributed by atoms with Gasteiger partial charge in [-0.3, -0.25) is 0 Å². The molecule has 0 saturated heterocycles. The third kappa shape index (κ3) is 2.92. The summed E-state index contributed by atoms with van der Waals surface area (Å²) in [6, 6.07) is 1.70. The first kappa shape index (κ1) is 14.8. The summed E-state index contributed by atoms with van der Waals surface area (Å²) in [7, 11) is 0. The molecule has 0 heterocycles. The number of hydrogen-bond donors (Lipinski definition) is 2. The van der Waals surface area contributed by atoms with Crippen LogP contribution in [-0.2, 0) is 0 Å². The van der Waals surface area contributed by atoms with Crippen molar-refractivity contribution >= 4 is 11.7 Å². The van der Waals surface area contributed by atoms with Gasteiger partial charge in [0.2, 0.25) is 0 Å². The van der Waals surface area contributed by atoms with Gasteiger partial charge in [0, 0.05) is 6.54 Å². The van der Waals surface area contributed by atoms with E-state index in [1.807, 2.05) is 0 Å². The molecular formula is C15H19F2NO2. The molecule has 0 spiro atoms. The quantitative estimate of drug-likeness (QED) is 0.857. The van der Waals surface area contributed by atoms with Gasteiger partial charge in [-0.2, -0.15) is 0 Å². The van der Waals surface area contributed by atoms with Gasteiger partial charge in [0.15, 0.2) is 0 Å². The highest BCUT2D eigenvalue weighted by Crippen LogP contribution is 2.41. The van der Waals surface area contributed by atoms with Crippen molar-refractivity contribution in [3.63, 3.8) is 0 Å². The van der Waals surface area contributed by atoms with Crippen LogP contribution in [0.2, 0.25) is 0 Å². The molecule has 1 aromatic carbocycles. The standard InChI is InChI=1S/C15H19F2NO2/c1-2-15(5-3-4-6-15)9-18-13-11(16)7-10(14(19)20)8-12(13)17/h7-8,18H,2-6,9H2,1H3,(H,19,20). The molecule has 0 aromatic heterocycles. The van der Waals surface area contributed by atoms with Gasteiger partial charge in [-0.25, -0.2) is 13.6 Å². The monoisotopic (exact) mass is 283 g/mol. The molecule has 0 atom stereocenters. The SMILES string of the molecule is CCC1(CNc2c(F)cc(C(=O)O)cc2F)CCCC1. The first-order valence-electron chi connectivity index (χ1n) is 6.94. The Morgan fingerprint density at radius 3 is 2.30 bits per heavy atom. The normalized spacial score (nSPS) is 17.1. The number of benzene rings is 1. The number of hydrogen-bond acceptors (Lipinski definition) is 2. The van der Waals surface area contributed by atoms with E-state index in [1.165, 1.54) is 0 Å². The minimum Gasteiger partial charge on any atom is -0.478 e. The Labute approximate surface area is 117 Å². The highest BCUT2D eigenvalue weighted by molar-refractivity contribution is 5.88. The summed E-state index contributed by atoms with van der Waals surface area (Å²) in [5, 5.41) is 11.6. The fraction of sp³-hybridized carbons (Fsp3) is 0.533. The van der Waals surface area contributed by atoms with Crippen LogP contribution in [0.1, 0.15) is 49.4 Å². The number of carboxylic acids is 1. The van der Waals surface area contributed by atoms with Crippen LogP contribution in [0.15, 0.2) is 12.1 Å². The van der Waals surface area contributed by atoms with Crippen LogP contribution < -0.4 is 5.32 Å².